The molecule has 1 rings (SSSR count). The number of carbonyl (C=O) groups excluding carboxylic acids is 3. The van der Waals surface area contributed by atoms with Gasteiger partial charge in [0.15, 0.2) is 0 Å². The Morgan fingerprint density at radius 3 is 2.57 bits per heavy atom. The molecule has 0 unspecified atom stereocenters. The van der Waals surface area contributed by atoms with Gasteiger partial charge in [-0.2, -0.15) is 0 Å². The minimum Gasteiger partial charge on any atom is -0.444 e. The lowest BCUT2D eigenvalue weighted by Gasteiger charge is -2.41. The molecule has 1 saturated heterocycles. The highest BCUT2D eigenvalue weighted by molar-refractivity contribution is 5.92. The molecule has 0 aromatic rings. The molecule has 0 aromatic heterocycles. The fraction of sp³-hybridized carbons (Fsp3) is 0.786. The van der Waals surface area contributed by atoms with E-state index in [1.807, 2.05) is 0 Å². The van der Waals surface area contributed by atoms with Gasteiger partial charge in [0.2, 0.25) is 11.8 Å². The number of nitrogens with zero attached hydrogens (tertiary/aromatic N) is 1. The highest BCUT2D eigenvalue weighted by Crippen LogP contribution is 2.18. The van der Waals surface area contributed by atoms with Crippen molar-refractivity contribution in [3.8, 4) is 0 Å². The number of rotatable bonds is 3. The molecule has 1 fully saturated rings. The SMILES string of the molecule is CC(C)(C)OC(=O)NCCC(=O)N1CCNC(=O)C1(C)C. The van der Waals surface area contributed by atoms with E-state index in [1.165, 1.54) is 0 Å². The molecule has 7 heteroatoms. The van der Waals surface area contributed by atoms with E-state index in [0.717, 1.165) is 0 Å². The van der Waals surface area contributed by atoms with Crippen molar-refractivity contribution < 1.29 is 19.1 Å². The van der Waals surface area contributed by atoms with Gasteiger partial charge in [0.25, 0.3) is 0 Å². The van der Waals surface area contributed by atoms with Crippen molar-refractivity contribution in [1.29, 1.82) is 0 Å². The van der Waals surface area contributed by atoms with Crippen LogP contribution in [0.25, 0.3) is 0 Å². The van der Waals surface area contributed by atoms with Crippen LogP contribution in [0, 0.1) is 0 Å². The fourth-order valence-electron chi connectivity index (χ4n) is 2.06. The van der Waals surface area contributed by atoms with Crippen molar-refractivity contribution in [2.24, 2.45) is 0 Å². The Hall–Kier alpha value is -1.79. The van der Waals surface area contributed by atoms with Crippen LogP contribution < -0.4 is 10.6 Å². The molecule has 1 aliphatic rings. The van der Waals surface area contributed by atoms with E-state index >= 15 is 0 Å². The Balaban J connectivity index is 2.44. The summed E-state index contributed by atoms with van der Waals surface area (Å²) in [6.45, 7) is 9.84. The Bertz CT molecular complexity index is 426. The molecule has 21 heavy (non-hydrogen) atoms. The first kappa shape index (κ1) is 17.3. The van der Waals surface area contributed by atoms with Crippen LogP contribution in [0.4, 0.5) is 4.79 Å². The standard InChI is InChI=1S/C14H25N3O4/c1-13(2,3)21-12(20)16-7-6-10(18)17-9-8-15-11(19)14(17,4)5/h6-9H2,1-5H3,(H,15,19)(H,16,20). The van der Waals surface area contributed by atoms with Gasteiger partial charge in [-0.15, -0.1) is 0 Å². The van der Waals surface area contributed by atoms with Gasteiger partial charge in [0.1, 0.15) is 11.1 Å². The minimum absolute atomic E-state index is 0.135. The first-order chi connectivity index (χ1) is 9.54. The number of ether oxygens (including phenoxy) is 1. The average Bonchev–Trinajstić information content (AvgIpc) is 2.30. The van der Waals surface area contributed by atoms with E-state index in [4.69, 9.17) is 4.74 Å². The second-order valence-electron chi connectivity index (χ2n) is 6.54. The van der Waals surface area contributed by atoms with E-state index < -0.39 is 17.2 Å². The smallest absolute Gasteiger partial charge is 0.407 e. The Kier molecular flexibility index (Phi) is 5.20. The third-order valence-electron chi connectivity index (χ3n) is 3.16. The van der Waals surface area contributed by atoms with Gasteiger partial charge < -0.3 is 20.3 Å². The predicted molar refractivity (Wildman–Crippen MR) is 77.7 cm³/mol. The maximum atomic E-state index is 12.2. The lowest BCUT2D eigenvalue weighted by atomic mass is 9.98. The molecule has 0 saturated carbocycles. The number of amides is 3. The lowest BCUT2D eigenvalue weighted by Crippen LogP contribution is -2.63. The first-order valence-electron chi connectivity index (χ1n) is 7.09. The van der Waals surface area contributed by atoms with Crippen LogP contribution >= 0.6 is 0 Å². The van der Waals surface area contributed by atoms with E-state index in [0.29, 0.717) is 13.1 Å². The zero-order chi connectivity index (χ0) is 16.3. The summed E-state index contributed by atoms with van der Waals surface area (Å²) in [6.07, 6.45) is -0.415. The Morgan fingerprint density at radius 2 is 2.00 bits per heavy atom. The number of alkyl carbamates (subject to hydrolysis) is 1. The number of nitrogens with one attached hydrogen (secondary N) is 2. The van der Waals surface area contributed by atoms with Crippen molar-refractivity contribution in [2.75, 3.05) is 19.6 Å². The van der Waals surface area contributed by atoms with Crippen LogP contribution in [-0.4, -0.2) is 53.6 Å². The summed E-state index contributed by atoms with van der Waals surface area (Å²) >= 11 is 0. The Morgan fingerprint density at radius 1 is 1.38 bits per heavy atom. The summed E-state index contributed by atoms with van der Waals surface area (Å²) < 4.78 is 5.08. The molecule has 0 radical (unpaired) electrons. The molecule has 2 N–H and O–H groups in total. The molecule has 120 valence electrons. The van der Waals surface area contributed by atoms with Crippen LogP contribution in [0.1, 0.15) is 41.0 Å². The number of piperazine rings is 1. The summed E-state index contributed by atoms with van der Waals surface area (Å²) in [4.78, 5) is 37.0. The molecular weight excluding hydrogens is 274 g/mol. The zero-order valence-electron chi connectivity index (χ0n) is 13.4. The van der Waals surface area contributed by atoms with Gasteiger partial charge in [-0.1, -0.05) is 0 Å². The van der Waals surface area contributed by atoms with Gasteiger partial charge in [-0.3, -0.25) is 9.59 Å². The van der Waals surface area contributed by atoms with E-state index in [2.05, 4.69) is 10.6 Å². The minimum atomic E-state index is -0.860. The van der Waals surface area contributed by atoms with Crippen LogP contribution in [0.2, 0.25) is 0 Å². The van der Waals surface area contributed by atoms with Crippen LogP contribution in [0.3, 0.4) is 0 Å². The quantitative estimate of drug-likeness (QED) is 0.800. The van der Waals surface area contributed by atoms with Crippen LogP contribution in [0.15, 0.2) is 0 Å². The first-order valence-corrected chi connectivity index (χ1v) is 7.09. The number of carbonyl (C=O) groups is 3. The second kappa shape index (κ2) is 6.32. The van der Waals surface area contributed by atoms with Crippen molar-refractivity contribution in [2.45, 2.75) is 52.2 Å². The van der Waals surface area contributed by atoms with Gasteiger partial charge in [-0.05, 0) is 34.6 Å². The molecule has 0 bridgehead atoms. The highest BCUT2D eigenvalue weighted by Gasteiger charge is 2.39. The van der Waals surface area contributed by atoms with Gasteiger partial charge in [0.05, 0.1) is 0 Å². The van der Waals surface area contributed by atoms with E-state index in [9.17, 15) is 14.4 Å². The fourth-order valence-corrected chi connectivity index (χ4v) is 2.06. The van der Waals surface area contributed by atoms with Gasteiger partial charge in [-0.25, -0.2) is 4.79 Å². The highest BCUT2D eigenvalue weighted by atomic mass is 16.6. The molecule has 0 aromatic carbocycles. The molecule has 3 amide bonds. The molecular formula is C14H25N3O4. The monoisotopic (exact) mass is 299 g/mol. The van der Waals surface area contributed by atoms with Crippen LogP contribution in [-0.2, 0) is 14.3 Å². The third-order valence-corrected chi connectivity index (χ3v) is 3.16. The van der Waals surface area contributed by atoms with Crippen LogP contribution in [0.5, 0.6) is 0 Å². The topological polar surface area (TPSA) is 87.7 Å². The summed E-state index contributed by atoms with van der Waals surface area (Å²) in [5, 5.41) is 5.27. The van der Waals surface area contributed by atoms with E-state index in [1.54, 1.807) is 39.5 Å². The van der Waals surface area contributed by atoms with Crippen molar-refractivity contribution in [3.63, 3.8) is 0 Å². The van der Waals surface area contributed by atoms with Crippen molar-refractivity contribution in [1.82, 2.24) is 15.5 Å². The normalized spacial score (nSPS) is 18.0. The van der Waals surface area contributed by atoms with E-state index in [-0.39, 0.29) is 24.8 Å². The molecule has 7 nitrogen and oxygen atoms in total. The molecule has 1 heterocycles. The number of hydrogen-bond acceptors (Lipinski definition) is 4. The maximum Gasteiger partial charge on any atom is 0.407 e. The average molecular weight is 299 g/mol. The molecule has 0 aliphatic carbocycles. The lowest BCUT2D eigenvalue weighted by molar-refractivity contribution is -0.149. The second-order valence-corrected chi connectivity index (χ2v) is 6.54. The predicted octanol–water partition coefficient (Wildman–Crippen LogP) is 0.638. The Labute approximate surface area is 125 Å². The van der Waals surface area contributed by atoms with Gasteiger partial charge in [0, 0.05) is 26.1 Å². The summed E-state index contributed by atoms with van der Waals surface area (Å²) in [6, 6.07) is 0. The maximum absolute atomic E-state index is 12.2. The summed E-state index contributed by atoms with van der Waals surface area (Å²) in [5.41, 5.74) is -1.43. The zero-order valence-corrected chi connectivity index (χ0v) is 13.4. The van der Waals surface area contributed by atoms with Crippen molar-refractivity contribution >= 4 is 17.9 Å². The molecule has 0 atom stereocenters. The molecule has 0 spiro atoms. The third kappa shape index (κ3) is 4.91. The summed E-state index contributed by atoms with van der Waals surface area (Å²) in [7, 11) is 0. The van der Waals surface area contributed by atoms with Crippen molar-refractivity contribution in [3.05, 3.63) is 0 Å². The largest absolute Gasteiger partial charge is 0.444 e. The molecule has 1 aliphatic heterocycles. The van der Waals surface area contributed by atoms with Gasteiger partial charge >= 0.3 is 6.09 Å². The number of hydrogen-bond donors (Lipinski definition) is 2. The summed E-state index contributed by atoms with van der Waals surface area (Å²) in [5.74, 6) is -0.326.